The number of piperidine rings is 1. The van der Waals surface area contributed by atoms with Crippen LogP contribution in [-0.4, -0.2) is 51.8 Å². The summed E-state index contributed by atoms with van der Waals surface area (Å²) in [7, 11) is 0. The van der Waals surface area contributed by atoms with Crippen LogP contribution in [0.1, 0.15) is 40.4 Å². The molecule has 2 N–H and O–H groups in total. The maximum Gasteiger partial charge on any atom is 0.320 e. The van der Waals surface area contributed by atoms with Gasteiger partial charge in [0.15, 0.2) is 11.6 Å². The molecule has 0 spiro atoms. The van der Waals surface area contributed by atoms with Crippen LogP contribution in [0.2, 0.25) is 0 Å². The molecule has 1 unspecified atom stereocenters. The molecule has 1 saturated heterocycles. The van der Waals surface area contributed by atoms with Crippen molar-refractivity contribution < 1.29 is 32.7 Å². The Morgan fingerprint density at radius 1 is 1.11 bits per heavy atom. The van der Waals surface area contributed by atoms with E-state index in [0.717, 1.165) is 11.2 Å². The first-order chi connectivity index (χ1) is 16.7. The minimum Gasteiger partial charge on any atom is -0.480 e. The van der Waals surface area contributed by atoms with E-state index in [2.05, 4.69) is 10.3 Å². The molecule has 1 aromatic heterocycles. The number of rotatable bonds is 7. The summed E-state index contributed by atoms with van der Waals surface area (Å²) in [6.45, 7) is -0.292. The number of carboxylic acids is 1. The number of alkyl halides is 2. The molecule has 1 aliphatic heterocycles. The van der Waals surface area contributed by atoms with Gasteiger partial charge in [-0.1, -0.05) is 42.5 Å². The number of carbonyl (C=O) groups excluding carboxylic acids is 2. The van der Waals surface area contributed by atoms with E-state index >= 15 is 0 Å². The van der Waals surface area contributed by atoms with Gasteiger partial charge >= 0.3 is 5.97 Å². The number of likely N-dealkylation sites (tertiary alicyclic amines) is 1. The topological polar surface area (TPSA) is 113 Å². The minimum absolute atomic E-state index is 0.0466. The lowest BCUT2D eigenvalue weighted by molar-refractivity contribution is -0.143. The maximum absolute atomic E-state index is 13.6. The van der Waals surface area contributed by atoms with E-state index in [1.54, 1.807) is 54.6 Å². The number of carbonyl (C=O) groups is 3. The zero-order chi connectivity index (χ0) is 25.0. The lowest BCUT2D eigenvalue weighted by Crippen LogP contribution is -2.45. The van der Waals surface area contributed by atoms with Crippen LogP contribution in [0, 0.1) is 0 Å². The predicted octanol–water partition coefficient (Wildman–Crippen LogP) is 3.70. The predicted molar refractivity (Wildman–Crippen MR) is 121 cm³/mol. The molecule has 8 nitrogen and oxygen atoms in total. The summed E-state index contributed by atoms with van der Waals surface area (Å²) < 4.78 is 32.6. The Morgan fingerprint density at radius 2 is 1.83 bits per heavy atom. The molecular formula is C25H23F2N3O5. The monoisotopic (exact) mass is 483 g/mol. The second kappa shape index (κ2) is 10.0. The zero-order valence-electron chi connectivity index (χ0n) is 18.6. The number of carboxylic acid groups (broad SMARTS) is 1. The third-order valence-corrected chi connectivity index (χ3v) is 5.71. The Balaban J connectivity index is 1.38. The molecule has 1 fully saturated rings. The summed E-state index contributed by atoms with van der Waals surface area (Å²) in [5, 5.41) is 12.1. The van der Waals surface area contributed by atoms with Gasteiger partial charge < -0.3 is 19.7 Å². The number of benzene rings is 2. The highest BCUT2D eigenvalue weighted by molar-refractivity contribution is 6.02. The first kappa shape index (κ1) is 24.1. The molecule has 4 rings (SSSR count). The first-order valence-electron chi connectivity index (χ1n) is 11.0. The van der Waals surface area contributed by atoms with E-state index in [1.165, 1.54) is 0 Å². The third kappa shape index (κ3) is 5.71. The molecule has 2 amide bonds. The van der Waals surface area contributed by atoms with Crippen LogP contribution in [0.25, 0.3) is 11.5 Å². The number of hydrogen-bond acceptors (Lipinski definition) is 5. The summed E-state index contributed by atoms with van der Waals surface area (Å²) in [5.74, 6) is -6.55. The molecule has 2 heterocycles. The fourth-order valence-corrected chi connectivity index (χ4v) is 3.91. The number of hydrogen-bond donors (Lipinski definition) is 2. The van der Waals surface area contributed by atoms with Crippen molar-refractivity contribution in [3.05, 3.63) is 77.7 Å². The van der Waals surface area contributed by atoms with Gasteiger partial charge in [0.2, 0.25) is 11.8 Å². The van der Waals surface area contributed by atoms with Crippen molar-refractivity contribution in [1.82, 2.24) is 15.2 Å². The van der Waals surface area contributed by atoms with Gasteiger partial charge in [-0.25, -0.2) is 13.8 Å². The third-order valence-electron chi connectivity index (χ3n) is 5.71. The molecule has 0 saturated carbocycles. The molecule has 1 atom stereocenters. The normalized spacial score (nSPS) is 15.9. The quantitative estimate of drug-likeness (QED) is 0.496. The number of nitrogens with zero attached hydrogens (tertiary/aromatic N) is 2. The number of oxazole rings is 1. The van der Waals surface area contributed by atoms with Crippen molar-refractivity contribution in [2.24, 2.45) is 0 Å². The zero-order valence-corrected chi connectivity index (χ0v) is 18.6. The van der Waals surface area contributed by atoms with E-state index in [4.69, 9.17) is 4.42 Å². The number of amides is 2. The number of aromatic nitrogens is 1. The highest BCUT2D eigenvalue weighted by Crippen LogP contribution is 2.28. The second-order valence-corrected chi connectivity index (χ2v) is 8.32. The summed E-state index contributed by atoms with van der Waals surface area (Å²) in [4.78, 5) is 41.8. The van der Waals surface area contributed by atoms with Crippen LogP contribution in [0.15, 0.2) is 65.3 Å². The standard InChI is InChI=1S/C25H23F2N3O5/c26-25(27)11-4-12-30(15-25)23(32)19-14-35-22(29-19)18-9-7-16(8-10-18)13-28-21(31)20(24(33)34)17-5-2-1-3-6-17/h1-3,5-10,14,20H,4,11-13,15H2,(H,28,31)(H,33,34). The Kier molecular flexibility index (Phi) is 6.90. The van der Waals surface area contributed by atoms with Gasteiger partial charge in [-0.2, -0.15) is 0 Å². The van der Waals surface area contributed by atoms with Crippen LogP contribution < -0.4 is 5.32 Å². The van der Waals surface area contributed by atoms with Crippen LogP contribution >= 0.6 is 0 Å². The molecule has 0 bridgehead atoms. The summed E-state index contributed by atoms with van der Waals surface area (Å²) in [5.41, 5.74) is 1.60. The average molecular weight is 483 g/mol. The van der Waals surface area contributed by atoms with Crippen molar-refractivity contribution in [2.75, 3.05) is 13.1 Å². The van der Waals surface area contributed by atoms with Gasteiger partial charge in [-0.05, 0) is 29.7 Å². The van der Waals surface area contributed by atoms with Gasteiger partial charge in [0.05, 0.1) is 6.54 Å². The Bertz CT molecular complexity index is 1210. The lowest BCUT2D eigenvalue weighted by atomic mass is 9.98. The van der Waals surface area contributed by atoms with Crippen molar-refractivity contribution in [3.63, 3.8) is 0 Å². The smallest absolute Gasteiger partial charge is 0.320 e. The van der Waals surface area contributed by atoms with Crippen LogP contribution in [0.5, 0.6) is 0 Å². The van der Waals surface area contributed by atoms with Gasteiger partial charge in [0, 0.05) is 25.1 Å². The van der Waals surface area contributed by atoms with Crippen LogP contribution in [0.4, 0.5) is 8.78 Å². The summed E-state index contributed by atoms with van der Waals surface area (Å²) in [6, 6.07) is 15.0. The Labute approximate surface area is 199 Å². The van der Waals surface area contributed by atoms with Gasteiger partial charge in [0.1, 0.15) is 6.26 Å². The maximum atomic E-state index is 13.6. The average Bonchev–Trinajstić information content (AvgIpc) is 3.33. The number of halogens is 2. The van der Waals surface area contributed by atoms with Crippen molar-refractivity contribution in [3.8, 4) is 11.5 Å². The number of aliphatic carboxylic acids is 1. The van der Waals surface area contributed by atoms with E-state index in [9.17, 15) is 28.3 Å². The highest BCUT2D eigenvalue weighted by atomic mass is 19.3. The van der Waals surface area contributed by atoms with Gasteiger partial charge in [-0.15, -0.1) is 0 Å². The lowest BCUT2D eigenvalue weighted by Gasteiger charge is -2.31. The minimum atomic E-state index is -2.91. The molecule has 182 valence electrons. The van der Waals surface area contributed by atoms with E-state index < -0.39 is 36.2 Å². The number of nitrogens with one attached hydrogen (secondary N) is 1. The summed E-state index contributed by atoms with van der Waals surface area (Å²) >= 11 is 0. The van der Waals surface area contributed by atoms with Gasteiger partial charge in [0.25, 0.3) is 11.8 Å². The van der Waals surface area contributed by atoms with E-state index in [0.29, 0.717) is 16.7 Å². The summed E-state index contributed by atoms with van der Waals surface area (Å²) in [6.07, 6.45) is 1.13. The first-order valence-corrected chi connectivity index (χ1v) is 11.0. The van der Waals surface area contributed by atoms with Crippen molar-refractivity contribution in [2.45, 2.75) is 31.2 Å². The molecule has 0 aliphatic carbocycles. The van der Waals surface area contributed by atoms with Crippen LogP contribution in [0.3, 0.4) is 0 Å². The molecule has 10 heteroatoms. The van der Waals surface area contributed by atoms with Crippen molar-refractivity contribution >= 4 is 17.8 Å². The van der Waals surface area contributed by atoms with E-state index in [1.807, 2.05) is 0 Å². The van der Waals surface area contributed by atoms with Crippen molar-refractivity contribution in [1.29, 1.82) is 0 Å². The fraction of sp³-hybridized carbons (Fsp3) is 0.280. The Morgan fingerprint density at radius 3 is 2.49 bits per heavy atom. The molecular weight excluding hydrogens is 460 g/mol. The largest absolute Gasteiger partial charge is 0.480 e. The molecule has 2 aromatic carbocycles. The Hall–Kier alpha value is -4.08. The molecule has 0 radical (unpaired) electrons. The highest BCUT2D eigenvalue weighted by Gasteiger charge is 2.38. The molecule has 3 aromatic rings. The van der Waals surface area contributed by atoms with E-state index in [-0.39, 0.29) is 37.5 Å². The molecule has 1 aliphatic rings. The molecule has 35 heavy (non-hydrogen) atoms. The SMILES string of the molecule is O=C(O)C(C(=O)NCc1ccc(-c2nc(C(=O)N3CCCC(F)(F)C3)co2)cc1)c1ccccc1. The fourth-order valence-electron chi connectivity index (χ4n) is 3.91. The second-order valence-electron chi connectivity index (χ2n) is 8.32. The van der Waals surface area contributed by atoms with Gasteiger partial charge in [-0.3, -0.25) is 14.4 Å². The van der Waals surface area contributed by atoms with Crippen LogP contribution in [-0.2, 0) is 16.1 Å².